The minimum atomic E-state index is 0.00975. The number of hydrogen-bond acceptors (Lipinski definition) is 4. The Balaban J connectivity index is 1.77. The number of aryl methyl sites for hydroxylation is 1. The number of nitrogens with one attached hydrogen (secondary N) is 1. The molecule has 1 aromatic carbocycles. The summed E-state index contributed by atoms with van der Waals surface area (Å²) in [5.41, 5.74) is 2.52. The minimum Gasteiger partial charge on any atom is -0.335 e. The topological polar surface area (TPSA) is 58.1 Å². The van der Waals surface area contributed by atoms with Crippen molar-refractivity contribution in [2.24, 2.45) is 0 Å². The lowest BCUT2D eigenvalue weighted by Crippen LogP contribution is -2.48. The van der Waals surface area contributed by atoms with Gasteiger partial charge in [0.05, 0.1) is 11.3 Å². The zero-order chi connectivity index (χ0) is 14.7. The molecule has 0 bridgehead atoms. The minimum absolute atomic E-state index is 0.00975. The molecule has 1 amide bonds. The maximum Gasteiger partial charge on any atom is 0.257 e. The molecule has 1 unspecified atom stereocenters. The number of carbonyl (C=O) groups excluding carboxylic acids is 1. The average Bonchev–Trinajstić information content (AvgIpc) is 2.56. The van der Waals surface area contributed by atoms with Gasteiger partial charge in [-0.3, -0.25) is 4.79 Å². The molecule has 5 heteroatoms. The molecular weight excluding hydrogens is 264 g/mol. The van der Waals surface area contributed by atoms with Crippen molar-refractivity contribution in [1.82, 2.24) is 20.2 Å². The Morgan fingerprint density at radius 1 is 1.33 bits per heavy atom. The van der Waals surface area contributed by atoms with Crippen LogP contribution >= 0.6 is 0 Å². The average molecular weight is 282 g/mol. The molecule has 0 saturated carbocycles. The highest BCUT2D eigenvalue weighted by atomic mass is 16.2. The van der Waals surface area contributed by atoms with Gasteiger partial charge in [-0.05, 0) is 12.5 Å². The SMILES string of the molecule is Cc1ncncc1C(=O)N1CCNC(c2ccccc2)C1. The fourth-order valence-electron chi connectivity index (χ4n) is 2.61. The van der Waals surface area contributed by atoms with Gasteiger partial charge >= 0.3 is 0 Å². The van der Waals surface area contributed by atoms with Crippen molar-refractivity contribution in [3.8, 4) is 0 Å². The van der Waals surface area contributed by atoms with Crippen LogP contribution in [0.25, 0.3) is 0 Å². The summed E-state index contributed by atoms with van der Waals surface area (Å²) in [6.07, 6.45) is 3.07. The van der Waals surface area contributed by atoms with E-state index in [-0.39, 0.29) is 11.9 Å². The van der Waals surface area contributed by atoms with Crippen LogP contribution < -0.4 is 5.32 Å². The first-order valence-corrected chi connectivity index (χ1v) is 7.10. The first-order valence-electron chi connectivity index (χ1n) is 7.10. The van der Waals surface area contributed by atoms with Crippen molar-refractivity contribution in [3.05, 3.63) is 59.7 Å². The Morgan fingerprint density at radius 2 is 2.14 bits per heavy atom. The summed E-state index contributed by atoms with van der Waals surface area (Å²) >= 11 is 0. The third kappa shape index (κ3) is 2.92. The molecule has 1 atom stereocenters. The molecule has 1 saturated heterocycles. The van der Waals surface area contributed by atoms with Gasteiger partial charge in [-0.25, -0.2) is 9.97 Å². The van der Waals surface area contributed by atoms with E-state index in [0.717, 1.165) is 12.2 Å². The van der Waals surface area contributed by atoms with Crippen molar-refractivity contribution in [3.63, 3.8) is 0 Å². The Hall–Kier alpha value is -2.27. The monoisotopic (exact) mass is 282 g/mol. The van der Waals surface area contributed by atoms with Gasteiger partial charge in [0.15, 0.2) is 0 Å². The van der Waals surface area contributed by atoms with E-state index in [4.69, 9.17) is 0 Å². The number of nitrogens with zero attached hydrogens (tertiary/aromatic N) is 3. The lowest BCUT2D eigenvalue weighted by atomic mass is 10.0. The third-order valence-corrected chi connectivity index (χ3v) is 3.81. The maximum absolute atomic E-state index is 12.6. The summed E-state index contributed by atoms with van der Waals surface area (Å²) in [5, 5.41) is 3.46. The number of amides is 1. The molecule has 1 aliphatic heterocycles. The summed E-state index contributed by atoms with van der Waals surface area (Å²) in [6.45, 7) is 4.00. The van der Waals surface area contributed by atoms with Gasteiger partial charge in [0, 0.05) is 31.9 Å². The lowest BCUT2D eigenvalue weighted by Gasteiger charge is -2.34. The van der Waals surface area contributed by atoms with Crippen LogP contribution in [0.3, 0.4) is 0 Å². The molecule has 108 valence electrons. The first kappa shape index (κ1) is 13.7. The lowest BCUT2D eigenvalue weighted by molar-refractivity contribution is 0.0701. The van der Waals surface area contributed by atoms with Crippen molar-refractivity contribution < 1.29 is 4.79 Å². The summed E-state index contributed by atoms with van der Waals surface area (Å²) in [6, 6.07) is 10.4. The van der Waals surface area contributed by atoms with Gasteiger partial charge in [0.25, 0.3) is 5.91 Å². The summed E-state index contributed by atoms with van der Waals surface area (Å²) in [4.78, 5) is 22.6. The van der Waals surface area contributed by atoms with E-state index in [1.165, 1.54) is 11.9 Å². The van der Waals surface area contributed by atoms with Crippen LogP contribution in [-0.4, -0.2) is 40.4 Å². The zero-order valence-electron chi connectivity index (χ0n) is 12.0. The van der Waals surface area contributed by atoms with Crippen LogP contribution in [0.5, 0.6) is 0 Å². The number of piperazine rings is 1. The zero-order valence-corrected chi connectivity index (χ0v) is 12.0. The predicted molar refractivity (Wildman–Crippen MR) is 79.9 cm³/mol. The van der Waals surface area contributed by atoms with Crippen LogP contribution in [0.15, 0.2) is 42.9 Å². The second-order valence-corrected chi connectivity index (χ2v) is 5.19. The van der Waals surface area contributed by atoms with E-state index < -0.39 is 0 Å². The second-order valence-electron chi connectivity index (χ2n) is 5.19. The smallest absolute Gasteiger partial charge is 0.257 e. The van der Waals surface area contributed by atoms with Crippen molar-refractivity contribution >= 4 is 5.91 Å². The maximum atomic E-state index is 12.6. The molecule has 5 nitrogen and oxygen atoms in total. The molecule has 0 radical (unpaired) electrons. The van der Waals surface area contributed by atoms with Gasteiger partial charge in [-0.1, -0.05) is 30.3 Å². The van der Waals surface area contributed by atoms with Crippen LogP contribution in [0.1, 0.15) is 27.7 Å². The molecule has 3 rings (SSSR count). The van der Waals surface area contributed by atoms with Crippen molar-refractivity contribution in [2.75, 3.05) is 19.6 Å². The van der Waals surface area contributed by atoms with Gasteiger partial charge in [0.2, 0.25) is 0 Å². The van der Waals surface area contributed by atoms with Crippen molar-refractivity contribution in [2.45, 2.75) is 13.0 Å². The fraction of sp³-hybridized carbons (Fsp3) is 0.312. The summed E-state index contributed by atoms with van der Waals surface area (Å²) in [7, 11) is 0. The molecule has 2 aromatic rings. The first-order chi connectivity index (χ1) is 10.3. The summed E-state index contributed by atoms with van der Waals surface area (Å²) < 4.78 is 0. The molecule has 1 aliphatic rings. The highest BCUT2D eigenvalue weighted by molar-refractivity contribution is 5.95. The number of rotatable bonds is 2. The molecule has 2 heterocycles. The Morgan fingerprint density at radius 3 is 2.90 bits per heavy atom. The van der Waals surface area contributed by atoms with Gasteiger partial charge in [0.1, 0.15) is 6.33 Å². The molecule has 1 aromatic heterocycles. The van der Waals surface area contributed by atoms with E-state index in [0.29, 0.717) is 18.7 Å². The van der Waals surface area contributed by atoms with Gasteiger partial charge < -0.3 is 10.2 Å². The van der Waals surface area contributed by atoms with E-state index >= 15 is 0 Å². The highest BCUT2D eigenvalue weighted by Crippen LogP contribution is 2.18. The molecule has 21 heavy (non-hydrogen) atoms. The summed E-state index contributed by atoms with van der Waals surface area (Å²) in [5.74, 6) is 0.00975. The normalized spacial score (nSPS) is 18.5. The standard InChI is InChI=1S/C16H18N4O/c1-12-14(9-17-11-19-12)16(21)20-8-7-18-15(10-20)13-5-3-2-4-6-13/h2-6,9,11,15,18H,7-8,10H2,1H3. The molecule has 1 N–H and O–H groups in total. The van der Waals surface area contributed by atoms with Crippen molar-refractivity contribution in [1.29, 1.82) is 0 Å². The molecule has 1 fully saturated rings. The Bertz CT molecular complexity index is 629. The van der Waals surface area contributed by atoms with Crippen LogP contribution in [0, 0.1) is 6.92 Å². The van der Waals surface area contributed by atoms with E-state index in [1.54, 1.807) is 6.20 Å². The molecular formula is C16H18N4O. The number of carbonyl (C=O) groups is 1. The number of aromatic nitrogens is 2. The van der Waals surface area contributed by atoms with Gasteiger partial charge in [-0.15, -0.1) is 0 Å². The number of hydrogen-bond donors (Lipinski definition) is 1. The van der Waals surface area contributed by atoms with E-state index in [9.17, 15) is 4.79 Å². The van der Waals surface area contributed by atoms with Gasteiger partial charge in [-0.2, -0.15) is 0 Å². The Kier molecular flexibility index (Phi) is 3.92. The predicted octanol–water partition coefficient (Wildman–Crippen LogP) is 1.57. The van der Waals surface area contributed by atoms with E-state index in [2.05, 4.69) is 27.4 Å². The molecule has 0 spiro atoms. The molecule has 0 aliphatic carbocycles. The highest BCUT2D eigenvalue weighted by Gasteiger charge is 2.26. The van der Waals surface area contributed by atoms with Crippen LogP contribution in [0.2, 0.25) is 0 Å². The Labute approximate surface area is 124 Å². The number of benzene rings is 1. The largest absolute Gasteiger partial charge is 0.335 e. The fourth-order valence-corrected chi connectivity index (χ4v) is 2.61. The quantitative estimate of drug-likeness (QED) is 0.908. The van der Waals surface area contributed by atoms with Crippen LogP contribution in [-0.2, 0) is 0 Å². The third-order valence-electron chi connectivity index (χ3n) is 3.81. The van der Waals surface area contributed by atoms with Crippen LogP contribution in [0.4, 0.5) is 0 Å². The van der Waals surface area contributed by atoms with E-state index in [1.807, 2.05) is 30.0 Å². The second kappa shape index (κ2) is 6.01.